The van der Waals surface area contributed by atoms with Gasteiger partial charge in [0.05, 0.1) is 29.7 Å². The second kappa shape index (κ2) is 6.77. The third-order valence-corrected chi connectivity index (χ3v) is 4.25. The summed E-state index contributed by atoms with van der Waals surface area (Å²) in [4.78, 5) is 17.1. The number of hydrogen-bond acceptors (Lipinski definition) is 5. The molecule has 120 valence electrons. The number of nitrogens with zero attached hydrogens (tertiary/aromatic N) is 2. The van der Waals surface area contributed by atoms with Gasteiger partial charge in [-0.25, -0.2) is 4.99 Å². The highest BCUT2D eigenvalue weighted by atomic mass is 32.1. The van der Waals surface area contributed by atoms with Crippen LogP contribution < -0.4 is 5.32 Å². The van der Waals surface area contributed by atoms with E-state index in [-0.39, 0.29) is 5.91 Å². The zero-order valence-electron chi connectivity index (χ0n) is 12.9. The molecule has 1 amide bonds. The standard InChI is InChI=1S/C18H15N3O2S/c1-11-15(17(22)21-12-6-3-2-4-7-12)16(14-8-5-9-23-14)13(10-19)18(24)20-11/h2-9,15-16,24H,1H3,(H,21,22)/t15?,16-/m0/s1. The van der Waals surface area contributed by atoms with Gasteiger partial charge in [-0.1, -0.05) is 18.2 Å². The van der Waals surface area contributed by atoms with Crippen molar-refractivity contribution in [1.82, 2.24) is 0 Å². The Morgan fingerprint density at radius 3 is 2.67 bits per heavy atom. The highest BCUT2D eigenvalue weighted by Crippen LogP contribution is 2.40. The van der Waals surface area contributed by atoms with Crippen molar-refractivity contribution in [1.29, 1.82) is 5.26 Å². The molecule has 5 nitrogen and oxygen atoms in total. The first-order chi connectivity index (χ1) is 11.6. The van der Waals surface area contributed by atoms with E-state index in [1.807, 2.05) is 18.2 Å². The molecule has 1 aromatic carbocycles. The first-order valence-corrected chi connectivity index (χ1v) is 7.84. The van der Waals surface area contributed by atoms with Crippen LogP contribution in [0.4, 0.5) is 5.69 Å². The van der Waals surface area contributed by atoms with E-state index in [0.29, 0.717) is 27.8 Å². The zero-order chi connectivity index (χ0) is 17.1. The Morgan fingerprint density at radius 1 is 1.29 bits per heavy atom. The minimum atomic E-state index is -0.637. The molecule has 1 aromatic heterocycles. The summed E-state index contributed by atoms with van der Waals surface area (Å²) in [7, 11) is 0. The fourth-order valence-corrected chi connectivity index (χ4v) is 3.17. The Kier molecular flexibility index (Phi) is 4.54. The van der Waals surface area contributed by atoms with Gasteiger partial charge in [0.25, 0.3) is 0 Å². The largest absolute Gasteiger partial charge is 0.469 e. The van der Waals surface area contributed by atoms with Crippen LogP contribution in [0, 0.1) is 17.2 Å². The van der Waals surface area contributed by atoms with E-state index in [0.717, 1.165) is 0 Å². The Balaban J connectivity index is 1.99. The molecule has 0 saturated heterocycles. The summed E-state index contributed by atoms with van der Waals surface area (Å²) in [5.41, 5.74) is 1.61. The van der Waals surface area contributed by atoms with Gasteiger partial charge < -0.3 is 9.73 Å². The molecular weight excluding hydrogens is 322 g/mol. The number of anilines is 1. The minimum Gasteiger partial charge on any atom is -0.469 e. The smallest absolute Gasteiger partial charge is 0.234 e. The number of para-hydroxylation sites is 1. The van der Waals surface area contributed by atoms with Gasteiger partial charge in [-0.3, -0.25) is 4.79 Å². The maximum Gasteiger partial charge on any atom is 0.234 e. The van der Waals surface area contributed by atoms with Crippen molar-refractivity contribution in [3.63, 3.8) is 0 Å². The predicted octanol–water partition coefficient (Wildman–Crippen LogP) is 3.76. The van der Waals surface area contributed by atoms with Crippen LogP contribution in [0.3, 0.4) is 0 Å². The van der Waals surface area contributed by atoms with Gasteiger partial charge in [0, 0.05) is 11.4 Å². The van der Waals surface area contributed by atoms with Crippen LogP contribution in [0.1, 0.15) is 18.6 Å². The Hall–Kier alpha value is -2.78. The first-order valence-electron chi connectivity index (χ1n) is 7.39. The molecule has 2 aromatic rings. The summed E-state index contributed by atoms with van der Waals surface area (Å²) in [6.07, 6.45) is 1.52. The zero-order valence-corrected chi connectivity index (χ0v) is 13.8. The van der Waals surface area contributed by atoms with E-state index >= 15 is 0 Å². The summed E-state index contributed by atoms with van der Waals surface area (Å²) in [5.74, 6) is -0.876. The monoisotopic (exact) mass is 337 g/mol. The number of thiol groups is 1. The maximum absolute atomic E-state index is 12.9. The molecule has 2 atom stereocenters. The van der Waals surface area contributed by atoms with Gasteiger partial charge in [-0.2, -0.15) is 5.26 Å². The average Bonchev–Trinajstić information content (AvgIpc) is 3.09. The molecule has 2 heterocycles. The van der Waals surface area contributed by atoms with E-state index in [2.05, 4.69) is 29.0 Å². The molecule has 1 N–H and O–H groups in total. The molecule has 0 spiro atoms. The summed E-state index contributed by atoms with van der Waals surface area (Å²) in [6, 6.07) is 14.8. The molecular formula is C18H15N3O2S. The summed E-state index contributed by atoms with van der Waals surface area (Å²) >= 11 is 4.29. The minimum absolute atomic E-state index is 0.238. The van der Waals surface area contributed by atoms with Gasteiger partial charge in [-0.05, 0) is 31.2 Å². The van der Waals surface area contributed by atoms with Crippen molar-refractivity contribution in [3.8, 4) is 6.07 Å². The molecule has 3 rings (SSSR count). The van der Waals surface area contributed by atoms with Gasteiger partial charge in [0.2, 0.25) is 5.91 Å². The van der Waals surface area contributed by atoms with Crippen LogP contribution in [0.25, 0.3) is 0 Å². The number of nitriles is 1. The fourth-order valence-electron chi connectivity index (χ4n) is 2.82. The molecule has 0 radical (unpaired) electrons. The molecule has 0 bridgehead atoms. The van der Waals surface area contributed by atoms with Crippen LogP contribution in [-0.2, 0) is 4.79 Å². The number of amides is 1. The SMILES string of the molecule is CC1=NC(S)=C(C#N)[C@@H](c2ccco2)C1C(=O)Nc1ccccc1. The fraction of sp³-hybridized carbons (Fsp3) is 0.167. The van der Waals surface area contributed by atoms with E-state index in [4.69, 9.17) is 4.42 Å². The number of aliphatic imine (C=N–C) groups is 1. The molecule has 1 unspecified atom stereocenters. The number of allylic oxidation sites excluding steroid dienone is 1. The van der Waals surface area contributed by atoms with Gasteiger partial charge in [0.1, 0.15) is 10.8 Å². The quantitative estimate of drug-likeness (QED) is 0.837. The number of nitrogens with one attached hydrogen (secondary N) is 1. The Morgan fingerprint density at radius 2 is 2.04 bits per heavy atom. The van der Waals surface area contributed by atoms with Crippen LogP contribution in [-0.4, -0.2) is 11.6 Å². The molecule has 0 fully saturated rings. The molecule has 0 aliphatic carbocycles. The number of carbonyl (C=O) groups excluding carboxylic acids is 1. The lowest BCUT2D eigenvalue weighted by Crippen LogP contribution is -2.36. The number of hydrogen-bond donors (Lipinski definition) is 2. The summed E-state index contributed by atoms with van der Waals surface area (Å²) in [6.45, 7) is 1.76. The summed E-state index contributed by atoms with van der Waals surface area (Å²) in [5, 5.41) is 12.7. The van der Waals surface area contributed by atoms with Crippen molar-refractivity contribution in [2.75, 3.05) is 5.32 Å². The number of benzene rings is 1. The van der Waals surface area contributed by atoms with Crippen LogP contribution in [0.15, 0.2) is 68.7 Å². The van der Waals surface area contributed by atoms with Crippen molar-refractivity contribution < 1.29 is 9.21 Å². The molecule has 0 saturated carbocycles. The summed E-state index contributed by atoms with van der Waals surface area (Å²) < 4.78 is 5.48. The van der Waals surface area contributed by atoms with Gasteiger partial charge in [0.15, 0.2) is 0 Å². The van der Waals surface area contributed by atoms with Gasteiger partial charge in [-0.15, -0.1) is 12.6 Å². The predicted molar refractivity (Wildman–Crippen MR) is 94.7 cm³/mol. The normalized spacial score (nSPS) is 20.3. The van der Waals surface area contributed by atoms with Crippen molar-refractivity contribution in [3.05, 3.63) is 65.1 Å². The second-order valence-electron chi connectivity index (χ2n) is 5.43. The first kappa shape index (κ1) is 16.1. The van der Waals surface area contributed by atoms with Crippen LogP contribution >= 0.6 is 12.6 Å². The number of furan rings is 1. The van der Waals surface area contributed by atoms with Gasteiger partial charge >= 0.3 is 0 Å². The van der Waals surface area contributed by atoms with E-state index in [9.17, 15) is 10.1 Å². The number of rotatable bonds is 3. The Labute approximate surface area is 145 Å². The highest BCUT2D eigenvalue weighted by molar-refractivity contribution is 7.84. The van der Waals surface area contributed by atoms with Crippen LogP contribution in [0.2, 0.25) is 0 Å². The lowest BCUT2D eigenvalue weighted by molar-refractivity contribution is -0.118. The lowest BCUT2D eigenvalue weighted by atomic mass is 9.79. The molecule has 1 aliphatic rings. The average molecular weight is 337 g/mol. The van der Waals surface area contributed by atoms with E-state index in [1.54, 1.807) is 31.2 Å². The molecule has 24 heavy (non-hydrogen) atoms. The second-order valence-corrected chi connectivity index (χ2v) is 5.85. The third-order valence-electron chi connectivity index (χ3n) is 3.91. The lowest BCUT2D eigenvalue weighted by Gasteiger charge is -2.28. The molecule has 6 heteroatoms. The Bertz CT molecular complexity index is 848. The highest BCUT2D eigenvalue weighted by Gasteiger charge is 2.40. The third kappa shape index (κ3) is 2.99. The maximum atomic E-state index is 12.9. The van der Waals surface area contributed by atoms with E-state index < -0.39 is 11.8 Å². The van der Waals surface area contributed by atoms with Crippen molar-refractivity contribution in [2.24, 2.45) is 10.9 Å². The number of carbonyl (C=O) groups is 1. The van der Waals surface area contributed by atoms with Crippen LogP contribution in [0.5, 0.6) is 0 Å². The molecule has 1 aliphatic heterocycles. The topological polar surface area (TPSA) is 78.4 Å². The van der Waals surface area contributed by atoms with Crippen molar-refractivity contribution in [2.45, 2.75) is 12.8 Å². The van der Waals surface area contributed by atoms with E-state index in [1.165, 1.54) is 6.26 Å². The van der Waals surface area contributed by atoms with Crippen molar-refractivity contribution >= 4 is 29.9 Å².